The molecule has 0 atom stereocenters. The Bertz CT molecular complexity index is 1290. The topological polar surface area (TPSA) is 98.4 Å². The van der Waals surface area contributed by atoms with Crippen LogP contribution in [0.3, 0.4) is 0 Å². The number of nitrogens with one attached hydrogen (secondary N) is 2. The van der Waals surface area contributed by atoms with Crippen molar-refractivity contribution in [2.75, 3.05) is 10.6 Å². The molecule has 2 aromatic carbocycles. The number of hydrogen-bond acceptors (Lipinski definition) is 5. The van der Waals surface area contributed by atoms with Gasteiger partial charge in [0.15, 0.2) is 11.5 Å². The zero-order valence-corrected chi connectivity index (χ0v) is 19.3. The predicted octanol–water partition coefficient (Wildman–Crippen LogP) is 5.20. The van der Waals surface area contributed by atoms with Crippen LogP contribution in [0.5, 0.6) is 5.75 Å². The molecule has 0 aliphatic heterocycles. The molecule has 0 bridgehead atoms. The summed E-state index contributed by atoms with van der Waals surface area (Å²) in [6, 6.07) is 18.3. The van der Waals surface area contributed by atoms with E-state index in [4.69, 9.17) is 9.15 Å². The van der Waals surface area contributed by atoms with Crippen LogP contribution in [0, 0.1) is 13.8 Å². The first-order chi connectivity index (χ1) is 16.4. The summed E-state index contributed by atoms with van der Waals surface area (Å²) < 4.78 is 13.2. The Hall–Kier alpha value is -4.33. The standard InChI is InChI=1S/C26H26N4O4/c1-4-30-15-21(23(29-30)26(32)27-19-11-6-5-7-12-19)28-25(31)22-14-13-20(34-22)16-33-24-17(2)9-8-10-18(24)3/h5-15H,4,16H2,1-3H3,(H,27,32)(H,28,31). The number of anilines is 2. The van der Waals surface area contributed by atoms with Crippen molar-refractivity contribution in [3.8, 4) is 5.75 Å². The first-order valence-electron chi connectivity index (χ1n) is 11.0. The summed E-state index contributed by atoms with van der Waals surface area (Å²) in [5.74, 6) is 0.516. The first-order valence-corrected chi connectivity index (χ1v) is 11.0. The van der Waals surface area contributed by atoms with E-state index in [0.717, 1.165) is 16.9 Å². The molecule has 8 nitrogen and oxygen atoms in total. The summed E-state index contributed by atoms with van der Waals surface area (Å²) in [4.78, 5) is 25.6. The number of furan rings is 1. The Morgan fingerprint density at radius 2 is 1.68 bits per heavy atom. The van der Waals surface area contributed by atoms with E-state index in [0.29, 0.717) is 23.7 Å². The number of hydrogen-bond donors (Lipinski definition) is 2. The van der Waals surface area contributed by atoms with Gasteiger partial charge in [-0.1, -0.05) is 36.4 Å². The van der Waals surface area contributed by atoms with Crippen molar-refractivity contribution >= 4 is 23.2 Å². The highest BCUT2D eigenvalue weighted by atomic mass is 16.5. The van der Waals surface area contributed by atoms with Crippen molar-refractivity contribution in [3.05, 3.63) is 95.2 Å². The molecule has 4 rings (SSSR count). The second-order valence-corrected chi connectivity index (χ2v) is 7.80. The lowest BCUT2D eigenvalue weighted by molar-refractivity contribution is 0.0992. The van der Waals surface area contributed by atoms with Gasteiger partial charge in [0, 0.05) is 18.4 Å². The fourth-order valence-corrected chi connectivity index (χ4v) is 3.49. The van der Waals surface area contributed by atoms with Gasteiger partial charge in [-0.3, -0.25) is 14.3 Å². The molecule has 0 aliphatic carbocycles. The summed E-state index contributed by atoms with van der Waals surface area (Å²) in [7, 11) is 0. The van der Waals surface area contributed by atoms with Crippen LogP contribution in [-0.4, -0.2) is 21.6 Å². The third-order valence-electron chi connectivity index (χ3n) is 5.23. The SMILES string of the molecule is CCn1cc(NC(=O)c2ccc(COc3c(C)cccc3C)o2)c(C(=O)Nc2ccccc2)n1. The minimum absolute atomic E-state index is 0.110. The van der Waals surface area contributed by atoms with Crippen LogP contribution in [0.2, 0.25) is 0 Å². The molecule has 2 N–H and O–H groups in total. The Labute approximate surface area is 197 Å². The number of ether oxygens (including phenoxy) is 1. The normalized spacial score (nSPS) is 10.7. The van der Waals surface area contributed by atoms with E-state index in [1.165, 1.54) is 0 Å². The van der Waals surface area contributed by atoms with E-state index in [2.05, 4.69) is 15.7 Å². The van der Waals surface area contributed by atoms with E-state index < -0.39 is 11.8 Å². The van der Waals surface area contributed by atoms with Gasteiger partial charge in [0.05, 0.1) is 5.69 Å². The molecule has 4 aromatic rings. The van der Waals surface area contributed by atoms with E-state index >= 15 is 0 Å². The van der Waals surface area contributed by atoms with Crippen LogP contribution in [-0.2, 0) is 13.2 Å². The largest absolute Gasteiger partial charge is 0.485 e. The Balaban J connectivity index is 1.45. The van der Waals surface area contributed by atoms with Crippen LogP contribution in [0.15, 0.2) is 71.3 Å². The summed E-state index contributed by atoms with van der Waals surface area (Å²) in [5.41, 5.74) is 3.10. The number of aromatic nitrogens is 2. The van der Waals surface area contributed by atoms with E-state index in [9.17, 15) is 9.59 Å². The molecular weight excluding hydrogens is 432 g/mol. The third kappa shape index (κ3) is 5.17. The van der Waals surface area contributed by atoms with Crippen molar-refractivity contribution < 1.29 is 18.7 Å². The number of benzene rings is 2. The number of nitrogens with zero attached hydrogens (tertiary/aromatic N) is 2. The summed E-state index contributed by atoms with van der Waals surface area (Å²) >= 11 is 0. The van der Waals surface area contributed by atoms with Gasteiger partial charge >= 0.3 is 0 Å². The number of para-hydroxylation sites is 2. The highest BCUT2D eigenvalue weighted by molar-refractivity contribution is 6.10. The smallest absolute Gasteiger partial charge is 0.291 e. The minimum atomic E-state index is -0.484. The van der Waals surface area contributed by atoms with Crippen LogP contribution < -0.4 is 15.4 Å². The summed E-state index contributed by atoms with van der Waals surface area (Å²) in [5, 5.41) is 9.82. The third-order valence-corrected chi connectivity index (χ3v) is 5.23. The average molecular weight is 459 g/mol. The quantitative estimate of drug-likeness (QED) is 0.378. The van der Waals surface area contributed by atoms with Crippen molar-refractivity contribution in [2.24, 2.45) is 0 Å². The maximum Gasteiger partial charge on any atom is 0.291 e. The Morgan fingerprint density at radius 1 is 0.941 bits per heavy atom. The average Bonchev–Trinajstić information content (AvgIpc) is 3.47. The Morgan fingerprint density at radius 3 is 2.38 bits per heavy atom. The second kappa shape index (κ2) is 10.1. The number of carbonyl (C=O) groups is 2. The van der Waals surface area contributed by atoms with E-state index in [1.807, 2.05) is 57.2 Å². The number of carbonyl (C=O) groups excluding carboxylic acids is 2. The van der Waals surface area contributed by atoms with Gasteiger partial charge in [-0.15, -0.1) is 0 Å². The molecule has 0 radical (unpaired) electrons. The van der Waals surface area contributed by atoms with E-state index in [1.54, 1.807) is 35.1 Å². The summed E-state index contributed by atoms with van der Waals surface area (Å²) in [6.45, 7) is 6.59. The zero-order valence-electron chi connectivity index (χ0n) is 19.3. The lowest BCUT2D eigenvalue weighted by atomic mass is 10.1. The monoisotopic (exact) mass is 458 g/mol. The van der Waals surface area contributed by atoms with Crippen LogP contribution in [0.25, 0.3) is 0 Å². The van der Waals surface area contributed by atoms with Gasteiger partial charge < -0.3 is 19.8 Å². The van der Waals surface area contributed by atoms with Gasteiger partial charge in [0.2, 0.25) is 0 Å². The van der Waals surface area contributed by atoms with Gasteiger partial charge in [-0.2, -0.15) is 5.10 Å². The predicted molar refractivity (Wildman–Crippen MR) is 129 cm³/mol. The molecule has 0 unspecified atom stereocenters. The molecule has 2 aromatic heterocycles. The maximum absolute atomic E-state index is 12.8. The molecule has 0 spiro atoms. The zero-order chi connectivity index (χ0) is 24.1. The molecule has 2 amide bonds. The van der Waals surface area contributed by atoms with Gasteiger partial charge in [0.1, 0.15) is 18.1 Å². The summed E-state index contributed by atoms with van der Waals surface area (Å²) in [6.07, 6.45) is 1.62. The van der Waals surface area contributed by atoms with Crippen LogP contribution in [0.4, 0.5) is 11.4 Å². The number of rotatable bonds is 8. The van der Waals surface area contributed by atoms with Gasteiger partial charge in [0.25, 0.3) is 11.8 Å². The number of aryl methyl sites for hydroxylation is 3. The van der Waals surface area contributed by atoms with Crippen molar-refractivity contribution in [3.63, 3.8) is 0 Å². The molecule has 34 heavy (non-hydrogen) atoms. The highest BCUT2D eigenvalue weighted by Gasteiger charge is 2.21. The highest BCUT2D eigenvalue weighted by Crippen LogP contribution is 2.24. The fourth-order valence-electron chi connectivity index (χ4n) is 3.49. The molecule has 0 saturated heterocycles. The molecule has 174 valence electrons. The first kappa shape index (κ1) is 22.8. The second-order valence-electron chi connectivity index (χ2n) is 7.80. The molecule has 0 fully saturated rings. The molecular formula is C26H26N4O4. The van der Waals surface area contributed by atoms with Crippen molar-refractivity contribution in [2.45, 2.75) is 33.9 Å². The lowest BCUT2D eigenvalue weighted by Gasteiger charge is -2.10. The molecule has 0 saturated carbocycles. The fraction of sp³-hybridized carbons (Fsp3) is 0.192. The van der Waals surface area contributed by atoms with Crippen molar-refractivity contribution in [1.82, 2.24) is 9.78 Å². The maximum atomic E-state index is 12.8. The van der Waals surface area contributed by atoms with Crippen LogP contribution >= 0.6 is 0 Å². The lowest BCUT2D eigenvalue weighted by Crippen LogP contribution is -2.17. The van der Waals surface area contributed by atoms with E-state index in [-0.39, 0.29) is 18.1 Å². The molecule has 8 heteroatoms. The van der Waals surface area contributed by atoms with Gasteiger partial charge in [-0.05, 0) is 56.2 Å². The van der Waals surface area contributed by atoms with Gasteiger partial charge in [-0.25, -0.2) is 0 Å². The van der Waals surface area contributed by atoms with Crippen molar-refractivity contribution in [1.29, 1.82) is 0 Å². The van der Waals surface area contributed by atoms with Crippen LogP contribution in [0.1, 0.15) is 44.9 Å². The molecule has 0 aliphatic rings. The minimum Gasteiger partial charge on any atom is -0.485 e. The Kier molecular flexibility index (Phi) is 6.77. The molecule has 2 heterocycles. The number of amides is 2.